The first-order valence-electron chi connectivity index (χ1n) is 12.0. The van der Waals surface area contributed by atoms with Crippen LogP contribution in [-0.2, 0) is 17.6 Å². The molecule has 1 aromatic heterocycles. The van der Waals surface area contributed by atoms with Crippen LogP contribution in [0.1, 0.15) is 55.5 Å². The summed E-state index contributed by atoms with van der Waals surface area (Å²) in [6.45, 7) is 7.95. The van der Waals surface area contributed by atoms with Gasteiger partial charge in [0.1, 0.15) is 5.82 Å². The van der Waals surface area contributed by atoms with Gasteiger partial charge in [0.05, 0.1) is 6.04 Å². The Morgan fingerprint density at radius 1 is 1.03 bits per heavy atom. The number of benzene rings is 1. The highest BCUT2D eigenvalue weighted by molar-refractivity contribution is 5.82. The number of hydrogen-bond acceptors (Lipinski definition) is 5. The van der Waals surface area contributed by atoms with E-state index in [-0.39, 0.29) is 11.8 Å². The van der Waals surface area contributed by atoms with Crippen LogP contribution in [0.4, 0.5) is 5.82 Å². The lowest BCUT2D eigenvalue weighted by atomic mass is 10.0. The Morgan fingerprint density at radius 3 is 2.61 bits per heavy atom. The summed E-state index contributed by atoms with van der Waals surface area (Å²) in [5.41, 5.74) is 3.71. The van der Waals surface area contributed by atoms with Gasteiger partial charge in [0, 0.05) is 38.4 Å². The summed E-state index contributed by atoms with van der Waals surface area (Å²) in [6.07, 6.45) is 7.11. The summed E-state index contributed by atoms with van der Waals surface area (Å²) in [5.74, 6) is 1.35. The predicted octanol–water partition coefficient (Wildman–Crippen LogP) is 4.10. The van der Waals surface area contributed by atoms with Crippen molar-refractivity contribution < 1.29 is 4.79 Å². The van der Waals surface area contributed by atoms with Crippen molar-refractivity contribution in [2.75, 3.05) is 44.6 Å². The van der Waals surface area contributed by atoms with E-state index in [1.807, 2.05) is 18.2 Å². The van der Waals surface area contributed by atoms with Crippen molar-refractivity contribution in [3.8, 4) is 0 Å². The average Bonchev–Trinajstić information content (AvgIpc) is 2.80. The van der Waals surface area contributed by atoms with E-state index in [1.165, 1.54) is 36.9 Å². The molecule has 0 spiro atoms. The van der Waals surface area contributed by atoms with Gasteiger partial charge < -0.3 is 10.2 Å². The van der Waals surface area contributed by atoms with E-state index in [1.54, 1.807) is 6.92 Å². The summed E-state index contributed by atoms with van der Waals surface area (Å²) in [7, 11) is 0. The highest BCUT2D eigenvalue weighted by Gasteiger charge is 2.27. The van der Waals surface area contributed by atoms with Crippen LogP contribution in [0.5, 0.6) is 0 Å². The van der Waals surface area contributed by atoms with Crippen molar-refractivity contribution in [3.05, 3.63) is 59.3 Å². The summed E-state index contributed by atoms with van der Waals surface area (Å²) in [4.78, 5) is 22.0. The number of Topliss-reactive ketones (excluding diaryl/α,β-unsaturated/α-hetero) is 1. The summed E-state index contributed by atoms with van der Waals surface area (Å²) in [6, 6.07) is 14.6. The minimum absolute atomic E-state index is 0.0954. The number of rotatable bonds is 9. The molecule has 1 aromatic carbocycles. The van der Waals surface area contributed by atoms with E-state index >= 15 is 0 Å². The first-order chi connectivity index (χ1) is 15.2. The first-order valence-corrected chi connectivity index (χ1v) is 12.0. The zero-order chi connectivity index (χ0) is 21.5. The molecule has 3 heterocycles. The Bertz CT molecular complexity index is 846. The van der Waals surface area contributed by atoms with Gasteiger partial charge in [-0.15, -0.1) is 0 Å². The Morgan fingerprint density at radius 2 is 1.84 bits per heavy atom. The van der Waals surface area contributed by atoms with Crippen LogP contribution < -0.4 is 5.32 Å². The number of ketones is 1. The van der Waals surface area contributed by atoms with Crippen molar-refractivity contribution in [2.45, 2.75) is 51.5 Å². The number of aromatic nitrogens is 1. The second-order valence-corrected chi connectivity index (χ2v) is 8.95. The quantitative estimate of drug-likeness (QED) is 0.619. The maximum Gasteiger partial charge on any atom is 0.151 e. The van der Waals surface area contributed by atoms with Gasteiger partial charge in [0.15, 0.2) is 5.78 Å². The number of fused-ring (bicyclic) bond motifs is 1. The largest absolute Gasteiger partial charge is 0.370 e. The number of piperazine rings is 1. The van der Waals surface area contributed by atoms with E-state index in [4.69, 9.17) is 4.98 Å². The SMILES string of the molecule is CC(=O)[C@H](c1ccccc1)N1CCN(CCCCCc2ccc3c(n2)NCCC3)CC1. The molecule has 0 amide bonds. The molecule has 0 bridgehead atoms. The zero-order valence-corrected chi connectivity index (χ0v) is 18.9. The molecule has 1 atom stereocenters. The molecule has 1 saturated heterocycles. The molecule has 166 valence electrons. The number of hydrogen-bond donors (Lipinski definition) is 1. The monoisotopic (exact) mass is 420 g/mol. The molecule has 0 unspecified atom stereocenters. The van der Waals surface area contributed by atoms with Gasteiger partial charge in [-0.3, -0.25) is 9.69 Å². The average molecular weight is 421 g/mol. The lowest BCUT2D eigenvalue weighted by molar-refractivity contribution is -0.123. The van der Waals surface area contributed by atoms with Gasteiger partial charge in [-0.25, -0.2) is 4.98 Å². The number of anilines is 1. The lowest BCUT2D eigenvalue weighted by Crippen LogP contribution is -2.49. The topological polar surface area (TPSA) is 48.5 Å². The van der Waals surface area contributed by atoms with Crippen molar-refractivity contribution >= 4 is 11.6 Å². The van der Waals surface area contributed by atoms with Gasteiger partial charge in [0.25, 0.3) is 0 Å². The summed E-state index contributed by atoms with van der Waals surface area (Å²) >= 11 is 0. The number of unbranched alkanes of at least 4 members (excludes halogenated alkanes) is 2. The van der Waals surface area contributed by atoms with Crippen LogP contribution in [0, 0.1) is 0 Å². The molecule has 2 aromatic rings. The highest BCUT2D eigenvalue weighted by Crippen LogP contribution is 2.23. The molecule has 2 aliphatic rings. The Hall–Kier alpha value is -2.24. The normalized spacial score (nSPS) is 18.2. The van der Waals surface area contributed by atoms with Gasteiger partial charge >= 0.3 is 0 Å². The molecule has 1 fully saturated rings. The predicted molar refractivity (Wildman–Crippen MR) is 126 cm³/mol. The lowest BCUT2D eigenvalue weighted by Gasteiger charge is -2.38. The van der Waals surface area contributed by atoms with Gasteiger partial charge in [0.2, 0.25) is 0 Å². The maximum absolute atomic E-state index is 12.3. The van der Waals surface area contributed by atoms with Crippen LogP contribution in [-0.4, -0.2) is 59.8 Å². The third-order valence-electron chi connectivity index (χ3n) is 6.63. The second kappa shape index (κ2) is 10.9. The molecule has 0 radical (unpaired) electrons. The van der Waals surface area contributed by atoms with Crippen LogP contribution in [0.25, 0.3) is 0 Å². The van der Waals surface area contributed by atoms with Gasteiger partial charge in [-0.1, -0.05) is 42.8 Å². The van der Waals surface area contributed by atoms with Crippen molar-refractivity contribution in [1.29, 1.82) is 0 Å². The van der Waals surface area contributed by atoms with Crippen LogP contribution in [0.15, 0.2) is 42.5 Å². The highest BCUT2D eigenvalue weighted by atomic mass is 16.1. The molecule has 4 rings (SSSR count). The molecule has 2 aliphatic heterocycles. The number of carbonyl (C=O) groups excluding carboxylic acids is 1. The number of nitrogens with zero attached hydrogens (tertiary/aromatic N) is 3. The minimum atomic E-state index is -0.0954. The van der Waals surface area contributed by atoms with Crippen molar-refractivity contribution in [1.82, 2.24) is 14.8 Å². The fraction of sp³-hybridized carbons (Fsp3) is 0.538. The number of pyridine rings is 1. The molecule has 0 saturated carbocycles. The standard InChI is InChI=1S/C26H36N4O/c1-21(31)25(22-9-4-2-5-10-22)30-19-17-29(18-20-30)16-7-3-6-12-24-14-13-23-11-8-15-27-26(23)28-24/h2,4-5,9-10,13-14,25H,3,6-8,11-12,15-20H2,1H3,(H,27,28)/t25-/m1/s1. The Labute approximate surface area is 186 Å². The summed E-state index contributed by atoms with van der Waals surface area (Å²) in [5, 5.41) is 3.43. The first kappa shape index (κ1) is 22.0. The van der Waals surface area contributed by atoms with Crippen LogP contribution in [0.3, 0.4) is 0 Å². The fourth-order valence-corrected chi connectivity index (χ4v) is 4.91. The van der Waals surface area contributed by atoms with E-state index in [2.05, 4.69) is 39.4 Å². The third kappa shape index (κ3) is 5.92. The van der Waals surface area contributed by atoms with E-state index in [0.717, 1.165) is 63.5 Å². The van der Waals surface area contributed by atoms with E-state index in [9.17, 15) is 4.79 Å². The second-order valence-electron chi connectivity index (χ2n) is 8.95. The maximum atomic E-state index is 12.3. The molecule has 5 heteroatoms. The molecule has 0 aliphatic carbocycles. The molecular formula is C26H36N4O. The molecular weight excluding hydrogens is 384 g/mol. The molecule has 31 heavy (non-hydrogen) atoms. The molecule has 5 nitrogen and oxygen atoms in total. The smallest absolute Gasteiger partial charge is 0.151 e. The van der Waals surface area contributed by atoms with Crippen LogP contribution >= 0.6 is 0 Å². The zero-order valence-electron chi connectivity index (χ0n) is 18.9. The Balaban J connectivity index is 1.16. The van der Waals surface area contributed by atoms with Gasteiger partial charge in [-0.05, 0) is 62.8 Å². The third-order valence-corrected chi connectivity index (χ3v) is 6.63. The Kier molecular flexibility index (Phi) is 7.71. The van der Waals surface area contributed by atoms with Crippen LogP contribution in [0.2, 0.25) is 0 Å². The number of nitrogens with one attached hydrogen (secondary N) is 1. The van der Waals surface area contributed by atoms with E-state index < -0.39 is 0 Å². The fourth-order valence-electron chi connectivity index (χ4n) is 4.91. The van der Waals surface area contributed by atoms with Gasteiger partial charge in [-0.2, -0.15) is 0 Å². The number of carbonyl (C=O) groups is 1. The molecule has 1 N–H and O–H groups in total. The number of aryl methyl sites for hydroxylation is 2. The van der Waals surface area contributed by atoms with E-state index in [0.29, 0.717) is 0 Å². The van der Waals surface area contributed by atoms with Crippen molar-refractivity contribution in [2.24, 2.45) is 0 Å². The summed E-state index contributed by atoms with van der Waals surface area (Å²) < 4.78 is 0. The van der Waals surface area contributed by atoms with Crippen molar-refractivity contribution in [3.63, 3.8) is 0 Å². The minimum Gasteiger partial charge on any atom is -0.370 e.